The predicted molar refractivity (Wildman–Crippen MR) is 149 cm³/mol. The summed E-state index contributed by atoms with van der Waals surface area (Å²) in [6.45, 7) is 4.31. The molecule has 2 aliphatic rings. The summed E-state index contributed by atoms with van der Waals surface area (Å²) >= 11 is 0. The highest BCUT2D eigenvalue weighted by Gasteiger charge is 2.62. The highest BCUT2D eigenvalue weighted by molar-refractivity contribution is 5.87. The standard InChI is InChI=1S/C31H46O9/c1-3-5-7-9-11-17-31(18-12-10-8-6-4-2)39-29(37)30(40-31)20-25(34)28(36)26(21-30)38-27(35)16-14-22-13-15-23(32)24(33)19-22/h13-16,19,25-26,28,32-34,36H,3-12,17-18,20-21H2,1-2H3/b16-14+/t25-,26-,28-,30+/m1/s1. The minimum Gasteiger partial charge on any atom is -0.504 e. The molecule has 1 aromatic carbocycles. The number of carbonyl (C=O) groups is 2. The highest BCUT2D eigenvalue weighted by atomic mass is 16.8. The second-order valence-corrected chi connectivity index (χ2v) is 11.2. The smallest absolute Gasteiger partial charge is 0.341 e. The zero-order valence-corrected chi connectivity index (χ0v) is 23.8. The highest BCUT2D eigenvalue weighted by Crippen LogP contribution is 2.47. The molecular weight excluding hydrogens is 516 g/mol. The average Bonchev–Trinajstić information content (AvgIpc) is 3.17. The molecule has 2 fully saturated rings. The predicted octanol–water partition coefficient (Wildman–Crippen LogP) is 5.27. The second-order valence-electron chi connectivity index (χ2n) is 11.2. The topological polar surface area (TPSA) is 143 Å². The largest absolute Gasteiger partial charge is 0.504 e. The molecule has 40 heavy (non-hydrogen) atoms. The fourth-order valence-corrected chi connectivity index (χ4v) is 5.60. The Kier molecular flexibility index (Phi) is 11.8. The number of aliphatic hydroxyl groups is 2. The Labute approximate surface area is 237 Å². The summed E-state index contributed by atoms with van der Waals surface area (Å²) in [7, 11) is 0. The SMILES string of the molecule is CCCCCCCC1(CCCCCCC)OC(=O)[C@@]2(C[C@@H](O)[C@@H](O)[C@H](OC(=O)/C=C/c3ccc(O)c(O)c3)C2)O1. The number of aromatic hydroxyl groups is 2. The van der Waals surface area contributed by atoms with Crippen LogP contribution in [-0.4, -0.2) is 62.1 Å². The molecule has 1 aromatic rings. The van der Waals surface area contributed by atoms with Crippen LogP contribution in [0, 0.1) is 0 Å². The Morgan fingerprint density at radius 3 is 2.17 bits per heavy atom. The van der Waals surface area contributed by atoms with Gasteiger partial charge in [-0.15, -0.1) is 0 Å². The number of rotatable bonds is 15. The average molecular weight is 563 g/mol. The van der Waals surface area contributed by atoms with Crippen molar-refractivity contribution in [1.82, 2.24) is 0 Å². The van der Waals surface area contributed by atoms with Crippen molar-refractivity contribution in [2.24, 2.45) is 0 Å². The number of esters is 2. The van der Waals surface area contributed by atoms with Gasteiger partial charge in [0.25, 0.3) is 0 Å². The van der Waals surface area contributed by atoms with E-state index in [9.17, 15) is 30.0 Å². The Morgan fingerprint density at radius 2 is 1.57 bits per heavy atom. The first-order valence-corrected chi connectivity index (χ1v) is 14.8. The van der Waals surface area contributed by atoms with Crippen LogP contribution in [-0.2, 0) is 23.8 Å². The molecular formula is C31H46O9. The van der Waals surface area contributed by atoms with Gasteiger partial charge >= 0.3 is 11.9 Å². The van der Waals surface area contributed by atoms with E-state index in [1.807, 2.05) is 0 Å². The third kappa shape index (κ3) is 8.44. The van der Waals surface area contributed by atoms with Crippen LogP contribution < -0.4 is 0 Å². The molecule has 3 rings (SSSR count). The third-order valence-corrected chi connectivity index (χ3v) is 7.88. The molecule has 1 saturated heterocycles. The van der Waals surface area contributed by atoms with Crippen LogP contribution in [0.25, 0.3) is 6.08 Å². The fourth-order valence-electron chi connectivity index (χ4n) is 5.60. The molecule has 0 radical (unpaired) electrons. The second kappa shape index (κ2) is 14.8. The van der Waals surface area contributed by atoms with Crippen molar-refractivity contribution in [3.63, 3.8) is 0 Å². The van der Waals surface area contributed by atoms with Crippen molar-refractivity contribution in [2.75, 3.05) is 0 Å². The first-order valence-electron chi connectivity index (χ1n) is 14.8. The van der Waals surface area contributed by atoms with E-state index in [-0.39, 0.29) is 24.3 Å². The van der Waals surface area contributed by atoms with E-state index < -0.39 is 41.6 Å². The van der Waals surface area contributed by atoms with Crippen molar-refractivity contribution in [2.45, 2.75) is 133 Å². The lowest BCUT2D eigenvalue weighted by atomic mass is 9.79. The van der Waals surface area contributed by atoms with E-state index in [0.29, 0.717) is 18.4 Å². The molecule has 1 aliphatic heterocycles. The van der Waals surface area contributed by atoms with E-state index in [1.54, 1.807) is 0 Å². The van der Waals surface area contributed by atoms with Crippen LogP contribution in [0.5, 0.6) is 11.5 Å². The number of carbonyl (C=O) groups excluding carboxylic acids is 2. The first kappa shape index (κ1) is 31.9. The summed E-state index contributed by atoms with van der Waals surface area (Å²) in [5.74, 6) is -3.10. The fraction of sp³-hybridized carbons (Fsp3) is 0.677. The monoisotopic (exact) mass is 562 g/mol. The Hall–Kier alpha value is -2.62. The van der Waals surface area contributed by atoms with Crippen LogP contribution in [0.4, 0.5) is 0 Å². The molecule has 224 valence electrons. The number of cyclic esters (lactones) is 1. The summed E-state index contributed by atoms with van der Waals surface area (Å²) < 4.78 is 17.9. The number of hydrogen-bond donors (Lipinski definition) is 4. The number of unbranched alkanes of at least 4 members (excludes halogenated alkanes) is 8. The van der Waals surface area contributed by atoms with Gasteiger partial charge in [0.2, 0.25) is 5.79 Å². The van der Waals surface area contributed by atoms with Crippen molar-refractivity contribution in [3.8, 4) is 11.5 Å². The van der Waals surface area contributed by atoms with Crippen LogP contribution in [0.15, 0.2) is 24.3 Å². The van der Waals surface area contributed by atoms with E-state index in [4.69, 9.17) is 14.2 Å². The summed E-state index contributed by atoms with van der Waals surface area (Å²) in [5, 5.41) is 40.4. The maximum Gasteiger partial charge on any atom is 0.341 e. The quantitative estimate of drug-likeness (QED) is 0.0973. The molecule has 1 saturated carbocycles. The molecule has 1 spiro atoms. The minimum atomic E-state index is -1.51. The van der Waals surface area contributed by atoms with Crippen LogP contribution in [0.3, 0.4) is 0 Å². The van der Waals surface area contributed by atoms with Gasteiger partial charge in [-0.2, -0.15) is 0 Å². The normalized spacial score (nSPS) is 25.9. The van der Waals surface area contributed by atoms with E-state index >= 15 is 0 Å². The van der Waals surface area contributed by atoms with Crippen LogP contribution in [0.1, 0.15) is 109 Å². The minimum absolute atomic E-state index is 0.128. The molecule has 9 nitrogen and oxygen atoms in total. The van der Waals surface area contributed by atoms with Crippen molar-refractivity contribution in [3.05, 3.63) is 29.8 Å². The molecule has 0 amide bonds. The van der Waals surface area contributed by atoms with E-state index in [1.165, 1.54) is 24.3 Å². The lowest BCUT2D eigenvalue weighted by Crippen LogP contribution is -2.56. The zero-order chi connectivity index (χ0) is 29.2. The van der Waals surface area contributed by atoms with Gasteiger partial charge in [-0.3, -0.25) is 0 Å². The van der Waals surface area contributed by atoms with E-state index in [0.717, 1.165) is 70.3 Å². The Balaban J connectivity index is 1.70. The third-order valence-electron chi connectivity index (χ3n) is 7.88. The summed E-state index contributed by atoms with van der Waals surface area (Å²) in [6, 6.07) is 4.06. The molecule has 1 aliphatic carbocycles. The maximum atomic E-state index is 13.4. The lowest BCUT2D eigenvalue weighted by Gasteiger charge is -2.40. The summed E-state index contributed by atoms with van der Waals surface area (Å²) in [6.07, 6.45) is 9.87. The number of phenols is 2. The molecule has 0 bridgehead atoms. The number of hydrogen-bond acceptors (Lipinski definition) is 9. The van der Waals surface area contributed by atoms with Crippen molar-refractivity contribution in [1.29, 1.82) is 0 Å². The molecule has 4 N–H and O–H groups in total. The van der Waals surface area contributed by atoms with Gasteiger partial charge in [0.05, 0.1) is 6.10 Å². The van der Waals surface area contributed by atoms with Gasteiger partial charge in [-0.25, -0.2) is 9.59 Å². The van der Waals surface area contributed by atoms with E-state index in [2.05, 4.69) is 13.8 Å². The molecule has 4 atom stereocenters. The Bertz CT molecular complexity index is 993. The summed E-state index contributed by atoms with van der Waals surface area (Å²) in [5.41, 5.74) is -1.07. The van der Waals surface area contributed by atoms with Gasteiger partial charge < -0.3 is 34.6 Å². The van der Waals surface area contributed by atoms with Gasteiger partial charge in [0.15, 0.2) is 17.1 Å². The molecule has 1 heterocycles. The molecule has 9 heteroatoms. The number of aliphatic hydroxyl groups excluding tert-OH is 2. The summed E-state index contributed by atoms with van der Waals surface area (Å²) in [4.78, 5) is 25.9. The Morgan fingerprint density at radius 1 is 0.950 bits per heavy atom. The van der Waals surface area contributed by atoms with Gasteiger partial charge in [0.1, 0.15) is 12.2 Å². The molecule has 0 aromatic heterocycles. The van der Waals surface area contributed by atoms with Gasteiger partial charge in [-0.1, -0.05) is 71.3 Å². The van der Waals surface area contributed by atoms with Crippen LogP contribution in [0.2, 0.25) is 0 Å². The van der Waals surface area contributed by atoms with Crippen LogP contribution >= 0.6 is 0 Å². The van der Waals surface area contributed by atoms with Crippen molar-refractivity contribution < 1.29 is 44.2 Å². The number of ether oxygens (including phenoxy) is 3. The zero-order valence-electron chi connectivity index (χ0n) is 23.8. The number of benzene rings is 1. The molecule has 0 unspecified atom stereocenters. The maximum absolute atomic E-state index is 13.4. The lowest BCUT2D eigenvalue weighted by molar-refractivity contribution is -0.227. The van der Waals surface area contributed by atoms with Crippen molar-refractivity contribution >= 4 is 18.0 Å². The van der Waals surface area contributed by atoms with Gasteiger partial charge in [-0.05, 0) is 36.6 Å². The van der Waals surface area contributed by atoms with Gasteiger partial charge in [0, 0.05) is 31.8 Å². The first-order chi connectivity index (χ1) is 19.1. The number of phenolic OH excluding ortho intramolecular Hbond substituents is 2.